The molecular weight excluding hydrogens is 537 g/mol. The molecule has 6 aromatic rings. The van der Waals surface area contributed by atoms with E-state index in [1.165, 1.54) is 65.7 Å². The van der Waals surface area contributed by atoms with Gasteiger partial charge in [-0.2, -0.15) is 0 Å². The second-order valence-corrected chi connectivity index (χ2v) is 24.9. The maximum atomic E-state index is 2.58. The summed E-state index contributed by atoms with van der Waals surface area (Å²) in [5.74, 6) is 0. The van der Waals surface area contributed by atoms with E-state index < -0.39 is 16.1 Å². The van der Waals surface area contributed by atoms with Crippen molar-refractivity contribution in [1.29, 1.82) is 0 Å². The Morgan fingerprint density at radius 1 is 0.381 bits per heavy atom. The van der Waals surface area contributed by atoms with Gasteiger partial charge in [-0.25, -0.2) is 0 Å². The van der Waals surface area contributed by atoms with Gasteiger partial charge in [0, 0.05) is 0 Å². The Balaban J connectivity index is 1.52. The lowest BCUT2D eigenvalue weighted by Crippen LogP contribution is -2.56. The molecule has 0 saturated heterocycles. The van der Waals surface area contributed by atoms with Gasteiger partial charge in [-0.05, 0) is 109 Å². The number of benzene rings is 6. The van der Waals surface area contributed by atoms with Crippen LogP contribution in [-0.4, -0.2) is 16.1 Å². The van der Waals surface area contributed by atoms with Crippen LogP contribution in [0.1, 0.15) is 52.7 Å². The predicted octanol–water partition coefficient (Wildman–Crippen LogP) is 8.79. The Morgan fingerprint density at radius 2 is 0.762 bits per heavy atom. The molecule has 2 aliphatic heterocycles. The van der Waals surface area contributed by atoms with Crippen molar-refractivity contribution in [3.05, 3.63) is 83.9 Å². The highest BCUT2D eigenvalue weighted by Gasteiger charge is 2.40. The van der Waals surface area contributed by atoms with Crippen LogP contribution in [0.5, 0.6) is 0 Å². The van der Waals surface area contributed by atoms with Gasteiger partial charge in [0.05, 0.1) is 0 Å². The van der Waals surface area contributed by atoms with E-state index in [1.54, 1.807) is 20.7 Å². The Hall–Kier alpha value is -3.21. The molecule has 0 aliphatic carbocycles. The van der Waals surface area contributed by atoms with Crippen LogP contribution in [0, 0.1) is 0 Å². The van der Waals surface area contributed by atoms with Gasteiger partial charge < -0.3 is 0 Å². The molecule has 2 heteroatoms. The lowest BCUT2D eigenvalue weighted by atomic mass is 9.82. The predicted molar refractivity (Wildman–Crippen MR) is 192 cm³/mol. The first-order valence-corrected chi connectivity index (χ1v) is 21.7. The minimum absolute atomic E-state index is 0.143. The van der Waals surface area contributed by atoms with Crippen molar-refractivity contribution < 1.29 is 0 Å². The van der Waals surface area contributed by atoms with Crippen LogP contribution in [0.15, 0.2) is 72.8 Å². The molecule has 0 unspecified atom stereocenters. The minimum Gasteiger partial charge on any atom is -0.0616 e. The van der Waals surface area contributed by atoms with Crippen LogP contribution < -0.4 is 20.7 Å². The molecule has 0 radical (unpaired) electrons. The Kier molecular flexibility index (Phi) is 4.93. The summed E-state index contributed by atoms with van der Waals surface area (Å²) in [4.78, 5) is 0. The average molecular weight is 579 g/mol. The second-order valence-electron chi connectivity index (χ2n) is 16.3. The SMILES string of the molecule is CC(C)(C)c1ccc2c(c1)[Si](C)(C)c1ccc3cc4c5c(ccc6cc-2c1c3c65)[Si](C)(C)c1cc(C(C)(C)C)ccc1-4. The molecule has 2 aliphatic rings. The third-order valence-electron chi connectivity index (χ3n) is 10.9. The molecule has 0 aromatic heterocycles. The molecule has 0 amide bonds. The standard InChI is InChI=1S/C40H42Si2/c1-39(2,3)25-13-15-27-29-19-23-12-18-32-38-30(28-16-14-26(40(4,5)6)22-34(28)42(32,9)10)20-24-11-17-31(37(29)35(24)36(23)38)41(7,8)33(27)21-25/h11-22H,1-10H3. The molecule has 6 aromatic carbocycles. The van der Waals surface area contributed by atoms with Crippen molar-refractivity contribution in [3.63, 3.8) is 0 Å². The zero-order chi connectivity index (χ0) is 29.7. The number of rotatable bonds is 0. The monoisotopic (exact) mass is 578 g/mol. The fourth-order valence-electron chi connectivity index (χ4n) is 8.31. The van der Waals surface area contributed by atoms with Crippen molar-refractivity contribution in [2.75, 3.05) is 0 Å². The summed E-state index contributed by atoms with van der Waals surface area (Å²) in [7, 11) is -3.85. The molecule has 0 nitrogen and oxygen atoms in total. The van der Waals surface area contributed by atoms with Gasteiger partial charge in [0.2, 0.25) is 0 Å². The molecule has 0 N–H and O–H groups in total. The smallest absolute Gasteiger partial charge is 0.0616 e. The summed E-state index contributed by atoms with van der Waals surface area (Å²) in [5.41, 5.74) is 8.99. The van der Waals surface area contributed by atoms with Crippen LogP contribution in [-0.2, 0) is 10.8 Å². The van der Waals surface area contributed by atoms with Crippen LogP contribution in [0.25, 0.3) is 54.6 Å². The third-order valence-corrected chi connectivity index (χ3v) is 18.0. The normalized spacial score (nSPS) is 16.7. The summed E-state index contributed by atoms with van der Waals surface area (Å²) in [6.07, 6.45) is 0. The van der Waals surface area contributed by atoms with Crippen LogP contribution in [0.2, 0.25) is 26.2 Å². The molecule has 2 heterocycles. The summed E-state index contributed by atoms with van der Waals surface area (Å²) >= 11 is 0. The van der Waals surface area contributed by atoms with Gasteiger partial charge in [-0.3, -0.25) is 0 Å². The Morgan fingerprint density at radius 3 is 1.12 bits per heavy atom. The van der Waals surface area contributed by atoms with Crippen molar-refractivity contribution in [2.45, 2.75) is 78.6 Å². The first-order valence-electron chi connectivity index (χ1n) is 15.7. The highest BCUT2D eigenvalue weighted by Crippen LogP contribution is 2.46. The highest BCUT2D eigenvalue weighted by atomic mass is 28.3. The topological polar surface area (TPSA) is 0 Å². The van der Waals surface area contributed by atoms with E-state index in [-0.39, 0.29) is 10.8 Å². The Labute approximate surface area is 253 Å². The largest absolute Gasteiger partial charge is 0.113 e. The van der Waals surface area contributed by atoms with Gasteiger partial charge in [-0.1, -0.05) is 128 Å². The molecule has 0 fully saturated rings. The zero-order valence-electron chi connectivity index (χ0n) is 26.9. The summed E-state index contributed by atoms with van der Waals surface area (Å²) in [5, 5.41) is 15.3. The lowest BCUT2D eigenvalue weighted by Gasteiger charge is -2.38. The lowest BCUT2D eigenvalue weighted by molar-refractivity contribution is 0.590. The van der Waals surface area contributed by atoms with Gasteiger partial charge >= 0.3 is 0 Å². The van der Waals surface area contributed by atoms with Crippen molar-refractivity contribution >= 4 is 69.2 Å². The van der Waals surface area contributed by atoms with Gasteiger partial charge in [0.1, 0.15) is 16.1 Å². The number of fused-ring (bicyclic) bond motifs is 4. The van der Waals surface area contributed by atoms with E-state index in [4.69, 9.17) is 0 Å². The maximum absolute atomic E-state index is 2.58. The van der Waals surface area contributed by atoms with Crippen molar-refractivity contribution in [2.24, 2.45) is 0 Å². The van der Waals surface area contributed by atoms with Crippen molar-refractivity contribution in [1.82, 2.24) is 0 Å². The first kappa shape index (κ1) is 26.4. The second kappa shape index (κ2) is 7.84. The number of hydrogen-bond acceptors (Lipinski definition) is 0. The van der Waals surface area contributed by atoms with Gasteiger partial charge in [-0.15, -0.1) is 0 Å². The Bertz CT molecular complexity index is 1990. The van der Waals surface area contributed by atoms with E-state index >= 15 is 0 Å². The number of hydrogen-bond donors (Lipinski definition) is 0. The van der Waals surface area contributed by atoms with Crippen LogP contribution in [0.3, 0.4) is 0 Å². The van der Waals surface area contributed by atoms with Crippen LogP contribution in [0.4, 0.5) is 0 Å². The highest BCUT2D eigenvalue weighted by molar-refractivity contribution is 7.04. The first-order chi connectivity index (χ1) is 19.6. The van der Waals surface area contributed by atoms with Gasteiger partial charge in [0.15, 0.2) is 0 Å². The minimum atomic E-state index is -1.92. The third kappa shape index (κ3) is 3.23. The molecule has 8 rings (SSSR count). The van der Waals surface area contributed by atoms with E-state index in [2.05, 4.69) is 141 Å². The summed E-state index contributed by atoms with van der Waals surface area (Å²) in [6, 6.07) is 29.8. The fourth-order valence-corrected chi connectivity index (χ4v) is 14.5. The molecule has 42 heavy (non-hydrogen) atoms. The quantitative estimate of drug-likeness (QED) is 0.125. The summed E-state index contributed by atoms with van der Waals surface area (Å²) in [6.45, 7) is 24.3. The van der Waals surface area contributed by atoms with E-state index in [9.17, 15) is 0 Å². The van der Waals surface area contributed by atoms with E-state index in [0.29, 0.717) is 0 Å². The van der Waals surface area contributed by atoms with Gasteiger partial charge in [0.25, 0.3) is 0 Å². The molecular formula is C40H42Si2. The molecule has 0 spiro atoms. The average Bonchev–Trinajstić information content (AvgIpc) is 2.92. The van der Waals surface area contributed by atoms with E-state index in [0.717, 1.165) is 0 Å². The molecule has 0 saturated carbocycles. The van der Waals surface area contributed by atoms with E-state index in [1.807, 2.05) is 0 Å². The fraction of sp³-hybridized carbons (Fsp3) is 0.300. The molecule has 210 valence electrons. The van der Waals surface area contributed by atoms with Crippen molar-refractivity contribution in [3.8, 4) is 22.3 Å². The summed E-state index contributed by atoms with van der Waals surface area (Å²) < 4.78 is 0. The zero-order valence-corrected chi connectivity index (χ0v) is 28.9. The maximum Gasteiger partial charge on any atom is 0.113 e. The molecule has 0 atom stereocenters. The van der Waals surface area contributed by atoms with Crippen LogP contribution >= 0.6 is 0 Å². The molecule has 0 bridgehead atoms.